The summed E-state index contributed by atoms with van der Waals surface area (Å²) in [4.78, 5) is 14.9. The van der Waals surface area contributed by atoms with Crippen molar-refractivity contribution in [3.8, 4) is 11.4 Å². The van der Waals surface area contributed by atoms with Gasteiger partial charge in [-0.15, -0.1) is 15.3 Å². The number of rotatable bonds is 4. The monoisotopic (exact) mass is 408 g/mol. The first-order valence-electron chi connectivity index (χ1n) is 9.44. The molecule has 29 heavy (non-hydrogen) atoms. The molecule has 1 fully saturated rings. The normalized spacial score (nSPS) is 17.2. The van der Waals surface area contributed by atoms with Gasteiger partial charge < -0.3 is 5.32 Å². The van der Waals surface area contributed by atoms with Crippen LogP contribution in [0.5, 0.6) is 0 Å². The third-order valence-corrected chi connectivity index (χ3v) is 5.74. The van der Waals surface area contributed by atoms with Crippen molar-refractivity contribution in [1.82, 2.24) is 29.6 Å². The summed E-state index contributed by atoms with van der Waals surface area (Å²) >= 11 is 1.60. The van der Waals surface area contributed by atoms with Crippen molar-refractivity contribution in [3.63, 3.8) is 0 Å². The molecule has 0 spiro atoms. The number of fused-ring (bicyclic) bond motifs is 1. The zero-order valence-corrected chi connectivity index (χ0v) is 16.9. The smallest absolute Gasteiger partial charge is 0.250 e. The largest absolute Gasteiger partial charge is 0.357 e. The summed E-state index contributed by atoms with van der Waals surface area (Å²) in [5.74, 6) is 2.16. The molecule has 1 saturated heterocycles. The predicted octanol–water partition coefficient (Wildman–Crippen LogP) is 2.50. The van der Waals surface area contributed by atoms with E-state index in [4.69, 9.17) is 0 Å². The quantitative estimate of drug-likeness (QED) is 0.558. The van der Waals surface area contributed by atoms with Crippen LogP contribution in [0.1, 0.15) is 18.5 Å². The maximum absolute atomic E-state index is 13.1. The average molecular weight is 408 g/mol. The van der Waals surface area contributed by atoms with E-state index in [-0.39, 0.29) is 11.9 Å². The third-order valence-electron chi connectivity index (χ3n) is 5.06. The predicted molar refractivity (Wildman–Crippen MR) is 111 cm³/mol. The van der Waals surface area contributed by atoms with Gasteiger partial charge in [0.15, 0.2) is 11.5 Å². The number of carbonyl (C=O) groups excluding carboxylic acids is 1. The van der Waals surface area contributed by atoms with Crippen LogP contribution in [0.15, 0.2) is 35.0 Å². The van der Waals surface area contributed by atoms with E-state index in [9.17, 15) is 4.79 Å². The molecule has 4 aromatic rings. The average Bonchev–Trinajstić information content (AvgIpc) is 3.43. The SMILES string of the molecule is Cc1cc(N2CCCC(Nc3ccc4nnc(-c5ccsc5)n4n3)C2=O)n(C)n1. The molecule has 1 aliphatic heterocycles. The van der Waals surface area contributed by atoms with Crippen LogP contribution in [0.4, 0.5) is 11.6 Å². The lowest BCUT2D eigenvalue weighted by Crippen LogP contribution is -2.48. The Hall–Kier alpha value is -3.27. The summed E-state index contributed by atoms with van der Waals surface area (Å²) < 4.78 is 3.46. The molecule has 4 aromatic heterocycles. The van der Waals surface area contributed by atoms with Crippen LogP contribution in [-0.2, 0) is 11.8 Å². The molecule has 5 heterocycles. The lowest BCUT2D eigenvalue weighted by atomic mass is 10.0. The van der Waals surface area contributed by atoms with Crippen molar-refractivity contribution in [1.29, 1.82) is 0 Å². The molecule has 1 unspecified atom stereocenters. The fraction of sp³-hybridized carbons (Fsp3) is 0.316. The summed E-state index contributed by atoms with van der Waals surface area (Å²) in [6.45, 7) is 2.62. The number of nitrogens with one attached hydrogen (secondary N) is 1. The highest BCUT2D eigenvalue weighted by Gasteiger charge is 2.31. The van der Waals surface area contributed by atoms with Crippen molar-refractivity contribution in [2.24, 2.45) is 7.05 Å². The molecule has 9 nitrogen and oxygen atoms in total. The van der Waals surface area contributed by atoms with Crippen LogP contribution in [0.2, 0.25) is 0 Å². The number of carbonyl (C=O) groups is 1. The molecule has 0 aliphatic carbocycles. The van der Waals surface area contributed by atoms with E-state index >= 15 is 0 Å². The summed E-state index contributed by atoms with van der Waals surface area (Å²) in [5.41, 5.74) is 2.53. The van der Waals surface area contributed by atoms with Gasteiger partial charge in [0.05, 0.1) is 5.69 Å². The van der Waals surface area contributed by atoms with Gasteiger partial charge in [-0.1, -0.05) is 0 Å². The van der Waals surface area contributed by atoms with E-state index in [0.717, 1.165) is 29.9 Å². The number of aromatic nitrogens is 6. The molecular formula is C19H20N8OS. The number of thiophene rings is 1. The Bertz CT molecular complexity index is 1180. The van der Waals surface area contributed by atoms with Crippen molar-refractivity contribution >= 4 is 34.5 Å². The molecule has 10 heteroatoms. The Labute approximate surface area is 171 Å². The van der Waals surface area contributed by atoms with Gasteiger partial charge in [0.2, 0.25) is 0 Å². The van der Waals surface area contributed by atoms with Gasteiger partial charge in [-0.05, 0) is 43.3 Å². The molecule has 1 amide bonds. The number of nitrogens with zero attached hydrogens (tertiary/aromatic N) is 7. The van der Waals surface area contributed by atoms with E-state index in [1.54, 1.807) is 25.4 Å². The fourth-order valence-corrected chi connectivity index (χ4v) is 4.34. The van der Waals surface area contributed by atoms with E-state index in [1.807, 2.05) is 49.0 Å². The molecule has 148 valence electrons. The van der Waals surface area contributed by atoms with Crippen molar-refractivity contribution in [2.45, 2.75) is 25.8 Å². The van der Waals surface area contributed by atoms with Crippen molar-refractivity contribution in [2.75, 3.05) is 16.8 Å². The standard InChI is InChI=1S/C19H20N8OS/c1-12-10-17(25(2)23-12)26-8-3-4-14(19(26)28)20-15-5-6-16-21-22-18(27(16)24-15)13-7-9-29-11-13/h5-7,9-11,14H,3-4,8H2,1-2H3,(H,20,24). The number of piperidine rings is 1. The number of amides is 1. The Morgan fingerprint density at radius 2 is 2.10 bits per heavy atom. The van der Waals surface area contributed by atoms with E-state index in [2.05, 4.69) is 25.7 Å². The highest BCUT2D eigenvalue weighted by Crippen LogP contribution is 2.24. The first-order chi connectivity index (χ1) is 14.1. The molecule has 1 aliphatic rings. The molecule has 0 bridgehead atoms. The van der Waals surface area contributed by atoms with Gasteiger partial charge in [0.25, 0.3) is 5.91 Å². The second-order valence-electron chi connectivity index (χ2n) is 7.12. The second-order valence-corrected chi connectivity index (χ2v) is 7.90. The number of hydrogen-bond acceptors (Lipinski definition) is 7. The lowest BCUT2D eigenvalue weighted by molar-refractivity contribution is -0.120. The summed E-state index contributed by atoms with van der Waals surface area (Å²) in [5, 5.41) is 24.7. The highest BCUT2D eigenvalue weighted by atomic mass is 32.1. The number of aryl methyl sites for hydroxylation is 2. The number of anilines is 2. The van der Waals surface area contributed by atoms with E-state index in [1.165, 1.54) is 0 Å². The van der Waals surface area contributed by atoms with Crippen LogP contribution in [0.3, 0.4) is 0 Å². The minimum atomic E-state index is -0.343. The van der Waals surface area contributed by atoms with Crippen LogP contribution in [0.25, 0.3) is 17.0 Å². The molecule has 0 saturated carbocycles. The van der Waals surface area contributed by atoms with Crippen LogP contribution in [0, 0.1) is 6.92 Å². The molecular weight excluding hydrogens is 388 g/mol. The molecule has 0 aromatic carbocycles. The summed E-state index contributed by atoms with van der Waals surface area (Å²) in [6, 6.07) is 7.27. The van der Waals surface area contributed by atoms with Gasteiger partial charge in [-0.25, -0.2) is 0 Å². The first-order valence-corrected chi connectivity index (χ1v) is 10.4. The van der Waals surface area contributed by atoms with E-state index < -0.39 is 0 Å². The van der Waals surface area contributed by atoms with Gasteiger partial charge >= 0.3 is 0 Å². The van der Waals surface area contributed by atoms with Gasteiger partial charge in [0.1, 0.15) is 17.7 Å². The van der Waals surface area contributed by atoms with Crippen LogP contribution < -0.4 is 10.2 Å². The Kier molecular flexibility index (Phi) is 4.27. The maximum atomic E-state index is 13.1. The minimum absolute atomic E-state index is 0.0305. The molecule has 5 rings (SSSR count). The van der Waals surface area contributed by atoms with Crippen molar-refractivity contribution < 1.29 is 4.79 Å². The zero-order chi connectivity index (χ0) is 20.0. The van der Waals surface area contributed by atoms with Crippen LogP contribution in [-0.4, -0.2) is 48.1 Å². The minimum Gasteiger partial charge on any atom is -0.357 e. The van der Waals surface area contributed by atoms with Crippen molar-refractivity contribution in [3.05, 3.63) is 40.7 Å². The lowest BCUT2D eigenvalue weighted by Gasteiger charge is -2.32. The van der Waals surface area contributed by atoms with E-state index in [0.29, 0.717) is 23.8 Å². The van der Waals surface area contributed by atoms with Crippen LogP contribution >= 0.6 is 11.3 Å². The van der Waals surface area contributed by atoms with Gasteiger partial charge in [-0.3, -0.25) is 14.4 Å². The summed E-state index contributed by atoms with van der Waals surface area (Å²) in [7, 11) is 1.86. The zero-order valence-electron chi connectivity index (χ0n) is 16.1. The second kappa shape index (κ2) is 6.96. The molecule has 0 radical (unpaired) electrons. The third kappa shape index (κ3) is 3.15. The topological polar surface area (TPSA) is 93.2 Å². The Balaban J connectivity index is 1.42. The fourth-order valence-electron chi connectivity index (χ4n) is 3.70. The molecule has 1 N–H and O–H groups in total. The van der Waals surface area contributed by atoms with Gasteiger partial charge in [0, 0.05) is 30.6 Å². The summed E-state index contributed by atoms with van der Waals surface area (Å²) in [6.07, 6.45) is 1.66. The van der Waals surface area contributed by atoms with Gasteiger partial charge in [-0.2, -0.15) is 21.0 Å². The maximum Gasteiger partial charge on any atom is 0.250 e. The first kappa shape index (κ1) is 17.8. The Morgan fingerprint density at radius 1 is 1.21 bits per heavy atom. The highest BCUT2D eigenvalue weighted by molar-refractivity contribution is 7.08. The number of hydrogen-bond donors (Lipinski definition) is 1. The Morgan fingerprint density at radius 3 is 2.86 bits per heavy atom. The molecule has 1 atom stereocenters.